The van der Waals surface area contributed by atoms with Gasteiger partial charge >= 0.3 is 0 Å². The topological polar surface area (TPSA) is 112 Å². The second kappa shape index (κ2) is 20.7. The number of amides is 1. The molecule has 8 rings (SSSR count). The molecule has 0 bridgehead atoms. The van der Waals surface area contributed by atoms with E-state index in [9.17, 15) is 4.79 Å². The first-order chi connectivity index (χ1) is 29.5. The molecular weight excluding hydrogens is 763 g/mol. The minimum Gasteiger partial charge on any atom is -0.368 e. The van der Waals surface area contributed by atoms with E-state index in [-0.39, 0.29) is 25.7 Å². The van der Waals surface area contributed by atoms with E-state index in [2.05, 4.69) is 5.32 Å². The Bertz CT molecular complexity index is 2030. The smallest absolute Gasteiger partial charge is 0.217 e. The molecule has 0 spiro atoms. The Balaban J connectivity index is 1.14. The van der Waals surface area contributed by atoms with Crippen LogP contribution in [0.15, 0.2) is 152 Å². The monoisotopic (exact) mass is 815 g/mol. The van der Waals surface area contributed by atoms with Gasteiger partial charge in [0.1, 0.15) is 42.7 Å². The van der Waals surface area contributed by atoms with Crippen LogP contribution in [0.3, 0.4) is 0 Å². The SMILES string of the molecule is CC(=O)N[C@H]1[C@@H](OCc2ccccc2)O[C@@H]2COC(c3ccccc3)O[C@H]2[C@@H]1O[C@@H]1O[C@@H](C)[C@@H](OCc2ccccc2)[C@@H](OCc2ccccc2)[C@@H]1OCc1ccccc1. The van der Waals surface area contributed by atoms with Crippen LogP contribution in [-0.2, 0) is 73.9 Å². The summed E-state index contributed by atoms with van der Waals surface area (Å²) in [5.74, 6) is -0.288. The normalized spacial score (nSPS) is 29.0. The number of fused-ring (bicyclic) bond motifs is 1. The predicted octanol–water partition coefficient (Wildman–Crippen LogP) is 7.43. The van der Waals surface area contributed by atoms with Crippen molar-refractivity contribution >= 4 is 5.91 Å². The Kier molecular flexibility index (Phi) is 14.4. The minimum atomic E-state index is -1.02. The third kappa shape index (κ3) is 10.7. The number of hydrogen-bond acceptors (Lipinski definition) is 10. The molecule has 11 nitrogen and oxygen atoms in total. The summed E-state index contributed by atoms with van der Waals surface area (Å²) < 4.78 is 60.6. The lowest BCUT2D eigenvalue weighted by atomic mass is 9.94. The molecule has 3 heterocycles. The first-order valence-corrected chi connectivity index (χ1v) is 20.7. The van der Waals surface area contributed by atoms with Crippen molar-refractivity contribution in [1.29, 1.82) is 0 Å². The highest BCUT2D eigenvalue weighted by molar-refractivity contribution is 5.73. The maximum Gasteiger partial charge on any atom is 0.217 e. The molecule has 1 amide bonds. The van der Waals surface area contributed by atoms with E-state index in [1.807, 2.05) is 159 Å². The van der Waals surface area contributed by atoms with Gasteiger partial charge in [-0.3, -0.25) is 4.79 Å². The number of ether oxygens (including phenoxy) is 9. The maximum absolute atomic E-state index is 13.1. The Hall–Kier alpha value is -4.79. The van der Waals surface area contributed by atoms with Crippen molar-refractivity contribution in [2.45, 2.75) is 108 Å². The Morgan fingerprint density at radius 3 is 1.53 bits per heavy atom. The van der Waals surface area contributed by atoms with Gasteiger partial charge in [0.2, 0.25) is 5.91 Å². The van der Waals surface area contributed by atoms with Gasteiger partial charge < -0.3 is 47.9 Å². The van der Waals surface area contributed by atoms with Crippen molar-refractivity contribution < 1.29 is 47.4 Å². The van der Waals surface area contributed by atoms with Gasteiger partial charge in [-0.15, -0.1) is 0 Å². The van der Waals surface area contributed by atoms with Gasteiger partial charge in [0, 0.05) is 12.5 Å². The van der Waals surface area contributed by atoms with Crippen LogP contribution in [0.5, 0.6) is 0 Å². The summed E-state index contributed by atoms with van der Waals surface area (Å²) in [5, 5.41) is 3.10. The van der Waals surface area contributed by atoms with Crippen LogP contribution in [0.25, 0.3) is 0 Å². The van der Waals surface area contributed by atoms with E-state index < -0.39 is 67.6 Å². The van der Waals surface area contributed by atoms with Crippen LogP contribution < -0.4 is 5.32 Å². The molecular formula is C49H53NO10. The second-order valence-electron chi connectivity index (χ2n) is 15.3. The minimum absolute atomic E-state index is 0.191. The lowest BCUT2D eigenvalue weighted by Gasteiger charge is -2.52. The summed E-state index contributed by atoms with van der Waals surface area (Å²) in [6, 6.07) is 48.6. The lowest BCUT2D eigenvalue weighted by Crippen LogP contribution is -2.69. The average molecular weight is 816 g/mol. The van der Waals surface area contributed by atoms with Crippen LogP contribution >= 0.6 is 0 Å². The van der Waals surface area contributed by atoms with Crippen molar-refractivity contribution in [1.82, 2.24) is 5.32 Å². The quantitative estimate of drug-likeness (QED) is 0.108. The van der Waals surface area contributed by atoms with Gasteiger partial charge in [-0.2, -0.15) is 0 Å². The molecule has 11 heteroatoms. The standard InChI is InChI=1S/C49H53NO10/c1-33-42(52-28-35-18-8-3-9-19-35)45(53-29-36-20-10-4-11-21-36)46(54-30-37-22-12-5-13-23-37)49(57-33)60-44-41(50-34(2)51)48(55-31-38-24-14-6-15-25-38)58-40-32-56-47(59-43(40)44)39-26-16-7-17-27-39/h3-27,33,40-49H,28-32H2,1-2H3,(H,50,51)/t33-,40+,41+,42+,43+,44+,45+,46-,47?,48-,49-/m0/s1. The fraction of sp³-hybridized carbons (Fsp3) is 0.367. The molecule has 3 fully saturated rings. The molecule has 11 atom stereocenters. The van der Waals surface area contributed by atoms with Gasteiger partial charge in [-0.25, -0.2) is 0 Å². The molecule has 3 aliphatic heterocycles. The fourth-order valence-electron chi connectivity index (χ4n) is 7.93. The van der Waals surface area contributed by atoms with Crippen molar-refractivity contribution in [3.63, 3.8) is 0 Å². The van der Waals surface area contributed by atoms with Gasteiger partial charge in [0.05, 0.1) is 39.1 Å². The number of rotatable bonds is 16. The molecule has 3 saturated heterocycles. The molecule has 314 valence electrons. The number of carbonyl (C=O) groups is 1. The summed E-state index contributed by atoms with van der Waals surface area (Å²) in [4.78, 5) is 13.1. The molecule has 0 saturated carbocycles. The maximum atomic E-state index is 13.1. The third-order valence-corrected chi connectivity index (χ3v) is 10.9. The van der Waals surface area contributed by atoms with E-state index in [1.165, 1.54) is 6.92 Å². The van der Waals surface area contributed by atoms with Gasteiger partial charge in [0.25, 0.3) is 0 Å². The van der Waals surface area contributed by atoms with E-state index >= 15 is 0 Å². The summed E-state index contributed by atoms with van der Waals surface area (Å²) in [5.41, 5.74) is 4.77. The lowest BCUT2D eigenvalue weighted by molar-refractivity contribution is -0.383. The summed E-state index contributed by atoms with van der Waals surface area (Å²) >= 11 is 0. The Labute approximate surface area is 351 Å². The van der Waals surface area contributed by atoms with Crippen LogP contribution in [-0.4, -0.2) is 73.9 Å². The zero-order valence-corrected chi connectivity index (χ0v) is 33.9. The van der Waals surface area contributed by atoms with Crippen LogP contribution in [0.4, 0.5) is 0 Å². The molecule has 5 aromatic rings. The summed E-state index contributed by atoms with van der Waals surface area (Å²) in [7, 11) is 0. The highest BCUT2D eigenvalue weighted by Crippen LogP contribution is 2.39. The molecule has 1 unspecified atom stereocenters. The van der Waals surface area contributed by atoms with Crippen molar-refractivity contribution in [2.75, 3.05) is 6.61 Å². The number of nitrogens with one attached hydrogen (secondary N) is 1. The molecule has 0 aromatic heterocycles. The molecule has 60 heavy (non-hydrogen) atoms. The number of benzene rings is 5. The zero-order chi connectivity index (χ0) is 41.1. The summed E-state index contributed by atoms with van der Waals surface area (Å²) in [6.07, 6.45) is -7.38. The van der Waals surface area contributed by atoms with Crippen LogP contribution in [0.1, 0.15) is 48.0 Å². The van der Waals surface area contributed by atoms with Crippen molar-refractivity contribution in [2.24, 2.45) is 0 Å². The van der Waals surface area contributed by atoms with E-state index in [0.29, 0.717) is 13.2 Å². The first-order valence-electron chi connectivity index (χ1n) is 20.7. The van der Waals surface area contributed by atoms with Crippen LogP contribution in [0.2, 0.25) is 0 Å². The highest BCUT2D eigenvalue weighted by Gasteiger charge is 2.55. The molecule has 0 aliphatic carbocycles. The van der Waals surface area contributed by atoms with Gasteiger partial charge in [-0.1, -0.05) is 152 Å². The van der Waals surface area contributed by atoms with Crippen molar-refractivity contribution in [3.8, 4) is 0 Å². The Morgan fingerprint density at radius 2 is 1.02 bits per heavy atom. The van der Waals surface area contributed by atoms with Gasteiger partial charge in [-0.05, 0) is 29.2 Å². The largest absolute Gasteiger partial charge is 0.368 e. The average Bonchev–Trinajstić information content (AvgIpc) is 3.29. The van der Waals surface area contributed by atoms with Gasteiger partial charge in [0.15, 0.2) is 18.9 Å². The molecule has 1 N–H and O–H groups in total. The van der Waals surface area contributed by atoms with E-state index in [1.54, 1.807) is 0 Å². The zero-order valence-electron chi connectivity index (χ0n) is 33.9. The molecule has 5 aromatic carbocycles. The predicted molar refractivity (Wildman–Crippen MR) is 222 cm³/mol. The first kappa shape index (κ1) is 41.9. The number of hydrogen-bond donors (Lipinski definition) is 1. The van der Waals surface area contributed by atoms with Crippen LogP contribution in [0, 0.1) is 0 Å². The second-order valence-corrected chi connectivity index (χ2v) is 15.3. The highest BCUT2D eigenvalue weighted by atomic mass is 16.8. The Morgan fingerprint density at radius 1 is 0.550 bits per heavy atom. The van der Waals surface area contributed by atoms with Crippen molar-refractivity contribution in [3.05, 3.63) is 179 Å². The van der Waals surface area contributed by atoms with E-state index in [0.717, 1.165) is 27.8 Å². The third-order valence-electron chi connectivity index (χ3n) is 10.9. The molecule has 3 aliphatic rings. The fourth-order valence-corrected chi connectivity index (χ4v) is 7.93. The summed E-state index contributed by atoms with van der Waals surface area (Å²) in [6.45, 7) is 4.72. The molecule has 0 radical (unpaired) electrons. The van der Waals surface area contributed by atoms with E-state index in [4.69, 9.17) is 42.6 Å². The number of carbonyl (C=O) groups excluding carboxylic acids is 1.